The summed E-state index contributed by atoms with van der Waals surface area (Å²) in [5.41, 5.74) is 0.622. The normalized spacial score (nSPS) is 14.4. The van der Waals surface area contributed by atoms with Gasteiger partial charge >= 0.3 is 6.03 Å². The second-order valence-corrected chi connectivity index (χ2v) is 9.01. The Morgan fingerprint density at radius 3 is 2.26 bits per heavy atom. The van der Waals surface area contributed by atoms with E-state index in [-0.39, 0.29) is 32.6 Å². The van der Waals surface area contributed by atoms with Crippen molar-refractivity contribution in [3.63, 3.8) is 0 Å². The van der Waals surface area contributed by atoms with Gasteiger partial charge in [-0.2, -0.15) is 0 Å². The monoisotopic (exact) mass is 573 g/mol. The number of carbonyl (C=O) groups is 4. The van der Waals surface area contributed by atoms with Crippen LogP contribution in [0.3, 0.4) is 0 Å². The highest BCUT2D eigenvalue weighted by Crippen LogP contribution is 2.35. The summed E-state index contributed by atoms with van der Waals surface area (Å²) in [7, 11) is 1.48. The molecule has 0 atom stereocenters. The molecule has 1 fully saturated rings. The third kappa shape index (κ3) is 5.91. The maximum Gasteiger partial charge on any atom is 0.335 e. The van der Waals surface area contributed by atoms with Crippen molar-refractivity contribution in [2.75, 3.05) is 23.9 Å². The van der Waals surface area contributed by atoms with Gasteiger partial charge in [-0.15, -0.1) is 0 Å². The Morgan fingerprint density at radius 2 is 1.63 bits per heavy atom. The topological polar surface area (TPSA) is 114 Å². The molecule has 0 saturated carbocycles. The molecule has 0 unspecified atom stereocenters. The molecule has 0 aliphatic carbocycles. The van der Waals surface area contributed by atoms with Gasteiger partial charge in [0.25, 0.3) is 17.7 Å². The van der Waals surface area contributed by atoms with Crippen molar-refractivity contribution < 1.29 is 28.7 Å². The fourth-order valence-corrected chi connectivity index (χ4v) is 4.27. The SMILES string of the molecule is COc1ccc(N2C(=O)NC(=O)/C(=C\c3cc(Cl)c(OCC(=O)Nc4ccccc4Cl)c(Cl)c3)C2=O)cc1. The number of anilines is 2. The van der Waals surface area contributed by atoms with Crippen molar-refractivity contribution in [2.45, 2.75) is 0 Å². The smallest absolute Gasteiger partial charge is 0.335 e. The fraction of sp³-hybridized carbons (Fsp3) is 0.0769. The number of barbiturate groups is 1. The summed E-state index contributed by atoms with van der Waals surface area (Å²) in [5, 5.41) is 5.17. The largest absolute Gasteiger partial charge is 0.497 e. The Kier molecular flexibility index (Phi) is 8.21. The third-order valence-electron chi connectivity index (χ3n) is 5.26. The molecular formula is C26H18Cl3N3O6. The molecule has 1 aliphatic rings. The lowest BCUT2D eigenvalue weighted by Gasteiger charge is -2.26. The van der Waals surface area contributed by atoms with Gasteiger partial charge in [-0.3, -0.25) is 19.7 Å². The molecule has 38 heavy (non-hydrogen) atoms. The highest BCUT2D eigenvalue weighted by Gasteiger charge is 2.36. The van der Waals surface area contributed by atoms with Crippen LogP contribution in [0.25, 0.3) is 6.08 Å². The van der Waals surface area contributed by atoms with Crippen LogP contribution >= 0.6 is 34.8 Å². The van der Waals surface area contributed by atoms with Crippen LogP contribution in [0.1, 0.15) is 5.56 Å². The predicted octanol–water partition coefficient (Wildman–Crippen LogP) is 5.34. The number of halogens is 3. The zero-order chi connectivity index (χ0) is 27.4. The lowest BCUT2D eigenvalue weighted by atomic mass is 10.1. The van der Waals surface area contributed by atoms with Crippen LogP contribution in [-0.2, 0) is 14.4 Å². The fourth-order valence-electron chi connectivity index (χ4n) is 3.48. The van der Waals surface area contributed by atoms with Gasteiger partial charge in [-0.25, -0.2) is 9.69 Å². The second kappa shape index (κ2) is 11.6. The predicted molar refractivity (Wildman–Crippen MR) is 144 cm³/mol. The maximum atomic E-state index is 13.1. The van der Waals surface area contributed by atoms with Gasteiger partial charge in [-0.1, -0.05) is 46.9 Å². The molecule has 5 amide bonds. The van der Waals surface area contributed by atoms with Crippen molar-refractivity contribution in [3.8, 4) is 11.5 Å². The quantitative estimate of drug-likeness (QED) is 0.291. The number of nitrogens with one attached hydrogen (secondary N) is 2. The third-order valence-corrected chi connectivity index (χ3v) is 6.15. The molecule has 0 aromatic heterocycles. The van der Waals surface area contributed by atoms with Crippen LogP contribution in [0.15, 0.2) is 66.2 Å². The summed E-state index contributed by atoms with van der Waals surface area (Å²) < 4.78 is 10.6. The second-order valence-electron chi connectivity index (χ2n) is 7.79. The van der Waals surface area contributed by atoms with Crippen LogP contribution in [0, 0.1) is 0 Å². The van der Waals surface area contributed by atoms with Gasteiger partial charge in [0.05, 0.1) is 33.6 Å². The van der Waals surface area contributed by atoms with Crippen molar-refractivity contribution in [1.29, 1.82) is 0 Å². The highest BCUT2D eigenvalue weighted by molar-refractivity contribution is 6.40. The molecule has 1 heterocycles. The summed E-state index contributed by atoms with van der Waals surface area (Å²) in [5.74, 6) is -1.66. The molecule has 1 aliphatic heterocycles. The van der Waals surface area contributed by atoms with E-state index in [1.807, 2.05) is 0 Å². The van der Waals surface area contributed by atoms with Gasteiger partial charge in [0.15, 0.2) is 12.4 Å². The Morgan fingerprint density at radius 1 is 0.974 bits per heavy atom. The summed E-state index contributed by atoms with van der Waals surface area (Å²) in [6, 6.07) is 14.8. The molecule has 2 N–H and O–H groups in total. The van der Waals surface area contributed by atoms with E-state index in [2.05, 4.69) is 10.6 Å². The number of methoxy groups -OCH3 is 1. The standard InChI is InChI=1S/C26H18Cl3N3O6/c1-37-16-8-6-15(7-9-16)32-25(35)17(24(34)31-26(32)36)10-14-11-19(28)23(20(29)12-14)38-13-22(33)30-21-5-3-2-4-18(21)27/h2-12H,13H2,1H3,(H,30,33)(H,31,34,36)/b17-10+. The number of carbonyl (C=O) groups excluding carboxylic acids is 4. The number of nitrogens with zero attached hydrogens (tertiary/aromatic N) is 1. The van der Waals surface area contributed by atoms with Gasteiger partial charge in [-0.05, 0) is 60.2 Å². The Bertz CT molecular complexity index is 1450. The number of para-hydroxylation sites is 1. The minimum absolute atomic E-state index is 0.0271. The molecule has 194 valence electrons. The molecule has 4 rings (SSSR count). The molecule has 0 bridgehead atoms. The van der Waals surface area contributed by atoms with Crippen molar-refractivity contribution in [3.05, 3.63) is 86.9 Å². The van der Waals surface area contributed by atoms with E-state index in [1.165, 1.54) is 37.5 Å². The minimum Gasteiger partial charge on any atom is -0.497 e. The number of rotatable bonds is 7. The number of imide groups is 2. The van der Waals surface area contributed by atoms with E-state index in [1.54, 1.807) is 36.4 Å². The maximum absolute atomic E-state index is 13.1. The molecule has 3 aromatic rings. The zero-order valence-electron chi connectivity index (χ0n) is 19.6. The van der Waals surface area contributed by atoms with Crippen LogP contribution in [0.5, 0.6) is 11.5 Å². The minimum atomic E-state index is -0.891. The van der Waals surface area contributed by atoms with E-state index in [0.29, 0.717) is 16.5 Å². The van der Waals surface area contributed by atoms with Crippen molar-refractivity contribution in [2.24, 2.45) is 0 Å². The van der Waals surface area contributed by atoms with Gasteiger partial charge in [0, 0.05) is 0 Å². The first-order valence-electron chi connectivity index (χ1n) is 10.9. The van der Waals surface area contributed by atoms with E-state index in [9.17, 15) is 19.2 Å². The van der Waals surface area contributed by atoms with Crippen LogP contribution in [-0.4, -0.2) is 37.5 Å². The molecule has 1 saturated heterocycles. The van der Waals surface area contributed by atoms with Crippen molar-refractivity contribution >= 4 is 76.0 Å². The zero-order valence-corrected chi connectivity index (χ0v) is 21.9. The van der Waals surface area contributed by atoms with E-state index >= 15 is 0 Å². The number of ether oxygens (including phenoxy) is 2. The highest BCUT2D eigenvalue weighted by atomic mass is 35.5. The van der Waals surface area contributed by atoms with Crippen LogP contribution in [0.4, 0.5) is 16.2 Å². The number of urea groups is 1. The molecule has 0 spiro atoms. The number of benzene rings is 3. The summed E-state index contributed by atoms with van der Waals surface area (Å²) >= 11 is 18.7. The number of hydrogen-bond donors (Lipinski definition) is 2. The first-order valence-corrected chi connectivity index (χ1v) is 12.0. The summed E-state index contributed by atoms with van der Waals surface area (Å²) in [4.78, 5) is 51.1. The number of hydrogen-bond acceptors (Lipinski definition) is 6. The van der Waals surface area contributed by atoms with Crippen molar-refractivity contribution in [1.82, 2.24) is 5.32 Å². The van der Waals surface area contributed by atoms with E-state index in [4.69, 9.17) is 44.3 Å². The first kappa shape index (κ1) is 27.0. The molecule has 9 nitrogen and oxygen atoms in total. The van der Waals surface area contributed by atoms with E-state index in [0.717, 1.165) is 4.90 Å². The van der Waals surface area contributed by atoms with Gasteiger partial charge in [0.2, 0.25) is 0 Å². The molecule has 3 aromatic carbocycles. The summed E-state index contributed by atoms with van der Waals surface area (Å²) in [6.45, 7) is -0.412. The Balaban J connectivity index is 1.52. The summed E-state index contributed by atoms with van der Waals surface area (Å²) in [6.07, 6.45) is 1.24. The average Bonchev–Trinajstić information content (AvgIpc) is 2.87. The lowest BCUT2D eigenvalue weighted by molar-refractivity contribution is -0.122. The van der Waals surface area contributed by atoms with Gasteiger partial charge < -0.3 is 14.8 Å². The van der Waals surface area contributed by atoms with E-state index < -0.39 is 30.4 Å². The lowest BCUT2D eigenvalue weighted by Crippen LogP contribution is -2.54. The van der Waals surface area contributed by atoms with Gasteiger partial charge in [0.1, 0.15) is 11.3 Å². The Hall–Kier alpha value is -4.05. The Labute approximate surface area is 231 Å². The molecular weight excluding hydrogens is 557 g/mol. The first-order chi connectivity index (χ1) is 18.2. The number of amides is 5. The van der Waals surface area contributed by atoms with Crippen LogP contribution < -0.4 is 25.0 Å². The average molecular weight is 575 g/mol. The molecule has 0 radical (unpaired) electrons. The molecule has 12 heteroatoms. The van der Waals surface area contributed by atoms with Crippen LogP contribution in [0.2, 0.25) is 15.1 Å².